The van der Waals surface area contributed by atoms with Gasteiger partial charge < -0.3 is 9.80 Å². The number of carbonyl (C=O) groups is 1. The number of carbonyl (C=O) groups excluding carboxylic acids is 1. The van der Waals surface area contributed by atoms with Crippen molar-refractivity contribution in [2.24, 2.45) is 5.92 Å². The van der Waals surface area contributed by atoms with Crippen LogP contribution in [0.15, 0.2) is 12.4 Å². The Labute approximate surface area is 121 Å². The minimum Gasteiger partial charge on any atom is -0.341 e. The fraction of sp³-hybridized carbons (Fsp3) is 0.733. The molecule has 1 aromatic heterocycles. The fourth-order valence-corrected chi connectivity index (χ4v) is 2.74. The summed E-state index contributed by atoms with van der Waals surface area (Å²) in [5.74, 6) is 0.968. The first kappa shape index (κ1) is 15.0. The van der Waals surface area contributed by atoms with Gasteiger partial charge in [-0.1, -0.05) is 13.8 Å². The Kier molecular flexibility index (Phi) is 5.59. The van der Waals surface area contributed by atoms with Crippen molar-refractivity contribution in [1.82, 2.24) is 20.0 Å². The Morgan fingerprint density at radius 1 is 1.35 bits per heavy atom. The summed E-state index contributed by atoms with van der Waals surface area (Å²) in [6.07, 6.45) is 6.11. The maximum Gasteiger partial charge on any atom is 0.222 e. The quantitative estimate of drug-likeness (QED) is 0.888. The monoisotopic (exact) mass is 278 g/mol. The van der Waals surface area contributed by atoms with Crippen LogP contribution in [-0.4, -0.2) is 58.6 Å². The van der Waals surface area contributed by atoms with Gasteiger partial charge in [0.2, 0.25) is 5.91 Å². The van der Waals surface area contributed by atoms with E-state index in [1.807, 2.05) is 11.1 Å². The summed E-state index contributed by atoms with van der Waals surface area (Å²) >= 11 is 0. The Balaban J connectivity index is 1.76. The molecule has 0 saturated carbocycles. The minimum absolute atomic E-state index is 0.276. The summed E-state index contributed by atoms with van der Waals surface area (Å²) in [6, 6.07) is 0. The summed E-state index contributed by atoms with van der Waals surface area (Å²) in [7, 11) is 0. The normalized spacial score (nSPS) is 17.4. The van der Waals surface area contributed by atoms with Gasteiger partial charge in [0.05, 0.1) is 6.20 Å². The van der Waals surface area contributed by atoms with Crippen LogP contribution in [-0.2, 0) is 11.2 Å². The van der Waals surface area contributed by atoms with Crippen LogP contribution in [0.5, 0.6) is 0 Å². The third-order valence-corrected chi connectivity index (χ3v) is 3.75. The van der Waals surface area contributed by atoms with Crippen molar-refractivity contribution in [2.45, 2.75) is 33.1 Å². The van der Waals surface area contributed by atoms with Gasteiger partial charge in [-0.3, -0.25) is 9.89 Å². The molecule has 1 aromatic rings. The third kappa shape index (κ3) is 4.63. The van der Waals surface area contributed by atoms with Crippen molar-refractivity contribution in [3.05, 3.63) is 18.0 Å². The van der Waals surface area contributed by atoms with Gasteiger partial charge in [0.1, 0.15) is 0 Å². The zero-order valence-corrected chi connectivity index (χ0v) is 12.6. The highest BCUT2D eigenvalue weighted by Gasteiger charge is 2.19. The van der Waals surface area contributed by atoms with Crippen LogP contribution in [0.2, 0.25) is 0 Å². The van der Waals surface area contributed by atoms with Crippen LogP contribution in [0.3, 0.4) is 0 Å². The maximum atomic E-state index is 12.3. The molecule has 0 aliphatic carbocycles. The fourth-order valence-electron chi connectivity index (χ4n) is 2.74. The standard InChI is InChI=1S/C15H26N4O/c1-13(2)12-18-6-3-7-19(9-8-18)15(20)5-4-14-10-16-17-11-14/h10-11,13H,3-9,12H2,1-2H3,(H,16,17). The lowest BCUT2D eigenvalue weighted by atomic mass is 10.2. The van der Waals surface area contributed by atoms with Gasteiger partial charge in [0.25, 0.3) is 0 Å². The van der Waals surface area contributed by atoms with E-state index in [2.05, 4.69) is 28.9 Å². The van der Waals surface area contributed by atoms with Gasteiger partial charge in [0.15, 0.2) is 0 Å². The molecule has 1 fully saturated rings. The molecule has 1 amide bonds. The summed E-state index contributed by atoms with van der Waals surface area (Å²) < 4.78 is 0. The molecule has 1 N–H and O–H groups in total. The van der Waals surface area contributed by atoms with Crippen molar-refractivity contribution in [3.63, 3.8) is 0 Å². The zero-order valence-electron chi connectivity index (χ0n) is 12.6. The Morgan fingerprint density at radius 3 is 2.90 bits per heavy atom. The van der Waals surface area contributed by atoms with Crippen molar-refractivity contribution >= 4 is 5.91 Å². The topological polar surface area (TPSA) is 52.2 Å². The molecule has 2 heterocycles. The summed E-state index contributed by atoms with van der Waals surface area (Å²) in [6.45, 7) is 9.53. The second kappa shape index (κ2) is 7.43. The molecule has 0 unspecified atom stereocenters. The highest BCUT2D eigenvalue weighted by Crippen LogP contribution is 2.09. The van der Waals surface area contributed by atoms with Crippen LogP contribution < -0.4 is 0 Å². The zero-order chi connectivity index (χ0) is 14.4. The average molecular weight is 278 g/mol. The van der Waals surface area contributed by atoms with E-state index in [4.69, 9.17) is 0 Å². The van der Waals surface area contributed by atoms with Crippen LogP contribution in [0.25, 0.3) is 0 Å². The largest absolute Gasteiger partial charge is 0.341 e. The highest BCUT2D eigenvalue weighted by atomic mass is 16.2. The molecule has 1 aliphatic heterocycles. The molecular formula is C15H26N4O. The number of aromatic amines is 1. The summed E-state index contributed by atoms with van der Waals surface area (Å²) in [4.78, 5) is 16.8. The minimum atomic E-state index is 0.276. The third-order valence-electron chi connectivity index (χ3n) is 3.75. The van der Waals surface area contributed by atoms with E-state index in [1.165, 1.54) is 0 Å². The van der Waals surface area contributed by atoms with E-state index in [0.29, 0.717) is 12.3 Å². The molecule has 1 saturated heterocycles. The van der Waals surface area contributed by atoms with Gasteiger partial charge >= 0.3 is 0 Å². The predicted octanol–water partition coefficient (Wildman–Crippen LogP) is 1.53. The molecule has 0 atom stereocenters. The molecule has 20 heavy (non-hydrogen) atoms. The van der Waals surface area contributed by atoms with E-state index in [0.717, 1.165) is 51.1 Å². The molecule has 5 nitrogen and oxygen atoms in total. The lowest BCUT2D eigenvalue weighted by Crippen LogP contribution is -2.36. The van der Waals surface area contributed by atoms with E-state index in [9.17, 15) is 4.79 Å². The lowest BCUT2D eigenvalue weighted by Gasteiger charge is -2.23. The summed E-state index contributed by atoms with van der Waals surface area (Å²) in [5.41, 5.74) is 1.11. The second-order valence-electron chi connectivity index (χ2n) is 6.04. The first-order valence-corrected chi connectivity index (χ1v) is 7.63. The van der Waals surface area contributed by atoms with Crippen LogP contribution in [0, 0.1) is 5.92 Å². The molecule has 0 radical (unpaired) electrons. The Morgan fingerprint density at radius 2 is 2.20 bits per heavy atom. The van der Waals surface area contributed by atoms with Gasteiger partial charge in [0, 0.05) is 38.8 Å². The van der Waals surface area contributed by atoms with Crippen LogP contribution in [0.4, 0.5) is 0 Å². The molecule has 1 aliphatic rings. The Hall–Kier alpha value is -1.36. The highest BCUT2D eigenvalue weighted by molar-refractivity contribution is 5.76. The number of H-pyrrole nitrogens is 1. The first-order valence-electron chi connectivity index (χ1n) is 7.63. The molecule has 2 rings (SSSR count). The van der Waals surface area contributed by atoms with E-state index in [1.54, 1.807) is 6.20 Å². The van der Waals surface area contributed by atoms with Gasteiger partial charge in [-0.25, -0.2) is 0 Å². The molecule has 112 valence electrons. The lowest BCUT2D eigenvalue weighted by molar-refractivity contribution is -0.131. The number of hydrogen-bond acceptors (Lipinski definition) is 3. The summed E-state index contributed by atoms with van der Waals surface area (Å²) in [5, 5.41) is 6.69. The van der Waals surface area contributed by atoms with E-state index >= 15 is 0 Å². The van der Waals surface area contributed by atoms with Crippen LogP contribution in [0.1, 0.15) is 32.3 Å². The number of rotatable bonds is 5. The number of aromatic nitrogens is 2. The maximum absolute atomic E-state index is 12.3. The molecule has 5 heteroatoms. The second-order valence-corrected chi connectivity index (χ2v) is 6.04. The number of amides is 1. The number of aryl methyl sites for hydroxylation is 1. The Bertz CT molecular complexity index is 402. The smallest absolute Gasteiger partial charge is 0.222 e. The van der Waals surface area contributed by atoms with Crippen molar-refractivity contribution in [3.8, 4) is 0 Å². The van der Waals surface area contributed by atoms with E-state index < -0.39 is 0 Å². The van der Waals surface area contributed by atoms with Crippen LogP contribution >= 0.6 is 0 Å². The molecule has 0 aromatic carbocycles. The average Bonchev–Trinajstić information content (AvgIpc) is 2.82. The van der Waals surface area contributed by atoms with Gasteiger partial charge in [-0.05, 0) is 30.9 Å². The number of hydrogen-bond donors (Lipinski definition) is 1. The molecule has 0 spiro atoms. The van der Waals surface area contributed by atoms with Gasteiger partial charge in [-0.2, -0.15) is 5.10 Å². The molecule has 0 bridgehead atoms. The van der Waals surface area contributed by atoms with Crippen molar-refractivity contribution in [1.29, 1.82) is 0 Å². The predicted molar refractivity (Wildman–Crippen MR) is 79.4 cm³/mol. The number of nitrogens with zero attached hydrogens (tertiary/aromatic N) is 3. The van der Waals surface area contributed by atoms with E-state index in [-0.39, 0.29) is 5.91 Å². The molecular weight excluding hydrogens is 252 g/mol. The van der Waals surface area contributed by atoms with Crippen molar-refractivity contribution < 1.29 is 4.79 Å². The number of nitrogens with one attached hydrogen (secondary N) is 1. The SMILES string of the molecule is CC(C)CN1CCCN(C(=O)CCc2cn[nH]c2)CC1. The first-order chi connectivity index (χ1) is 9.65. The van der Waals surface area contributed by atoms with Gasteiger partial charge in [-0.15, -0.1) is 0 Å². The van der Waals surface area contributed by atoms with Crippen molar-refractivity contribution in [2.75, 3.05) is 32.7 Å².